The van der Waals surface area contributed by atoms with Crippen molar-refractivity contribution < 1.29 is 4.74 Å². The van der Waals surface area contributed by atoms with Crippen LogP contribution in [0.1, 0.15) is 44.2 Å². The first-order valence-corrected chi connectivity index (χ1v) is 12.6. The maximum absolute atomic E-state index is 13.2. The largest absolute Gasteiger partial charge is 0.496 e. The quantitative estimate of drug-likeness (QED) is 0.618. The summed E-state index contributed by atoms with van der Waals surface area (Å²) in [5.41, 5.74) is 3.83. The number of aromatic amines is 1. The molecule has 2 aliphatic rings. The molecule has 0 bridgehead atoms. The molecule has 1 aromatic carbocycles. The number of nitrogens with one attached hydrogen (secondary N) is 1. The molecule has 1 saturated carbocycles. The van der Waals surface area contributed by atoms with Gasteiger partial charge in [-0.3, -0.25) is 9.48 Å². The Morgan fingerprint density at radius 2 is 1.91 bits per heavy atom. The van der Waals surface area contributed by atoms with Gasteiger partial charge in [0.05, 0.1) is 18.4 Å². The fourth-order valence-electron chi connectivity index (χ4n) is 5.49. The maximum atomic E-state index is 13.2. The van der Waals surface area contributed by atoms with Gasteiger partial charge in [-0.15, -0.1) is 0 Å². The van der Waals surface area contributed by atoms with Gasteiger partial charge in [0.1, 0.15) is 17.1 Å². The lowest BCUT2D eigenvalue weighted by Gasteiger charge is -2.24. The molecule has 2 fully saturated rings. The van der Waals surface area contributed by atoms with Crippen molar-refractivity contribution in [2.75, 3.05) is 45.2 Å². The van der Waals surface area contributed by atoms with E-state index in [1.54, 1.807) is 7.11 Å². The van der Waals surface area contributed by atoms with Crippen LogP contribution in [0.15, 0.2) is 23.0 Å². The number of hydrogen-bond acceptors (Lipinski definition) is 6. The first-order chi connectivity index (χ1) is 16.5. The van der Waals surface area contributed by atoms with E-state index in [1.165, 1.54) is 32.1 Å². The monoisotopic (exact) mass is 464 g/mol. The summed E-state index contributed by atoms with van der Waals surface area (Å²) >= 11 is 0. The van der Waals surface area contributed by atoms with Gasteiger partial charge in [0.15, 0.2) is 5.52 Å². The first kappa shape index (κ1) is 22.9. The fourth-order valence-corrected chi connectivity index (χ4v) is 5.49. The molecule has 1 aliphatic carbocycles. The van der Waals surface area contributed by atoms with Gasteiger partial charge in [0.25, 0.3) is 5.56 Å². The second-order valence-electron chi connectivity index (χ2n) is 9.91. The summed E-state index contributed by atoms with van der Waals surface area (Å²) in [5, 5.41) is 4.70. The molecular formula is C26H36N6O2. The van der Waals surface area contributed by atoms with Gasteiger partial charge in [-0.2, -0.15) is 5.10 Å². The molecule has 0 amide bonds. The molecule has 0 spiro atoms. The van der Waals surface area contributed by atoms with Crippen molar-refractivity contribution in [3.63, 3.8) is 0 Å². The van der Waals surface area contributed by atoms with Crippen LogP contribution in [0, 0.1) is 12.8 Å². The zero-order chi connectivity index (χ0) is 23.7. The van der Waals surface area contributed by atoms with E-state index in [-0.39, 0.29) is 5.56 Å². The number of anilines is 1. The van der Waals surface area contributed by atoms with Crippen LogP contribution in [0.4, 0.5) is 5.69 Å². The SMILES string of the molecule is COc1cc(N2CCCN(C)CC2)ccc1-c1nc2c(C)nn(CC3CCCCC3)c2c(=O)[nH]1. The minimum absolute atomic E-state index is 0.141. The van der Waals surface area contributed by atoms with Gasteiger partial charge in [-0.1, -0.05) is 19.3 Å². The number of nitrogens with zero attached hydrogens (tertiary/aromatic N) is 5. The fraction of sp³-hybridized carbons (Fsp3) is 0.577. The third-order valence-electron chi connectivity index (χ3n) is 7.45. The second-order valence-corrected chi connectivity index (χ2v) is 9.91. The van der Waals surface area contributed by atoms with Crippen LogP contribution >= 0.6 is 0 Å². The minimum Gasteiger partial charge on any atom is -0.496 e. The van der Waals surface area contributed by atoms with Crippen LogP contribution in [0.25, 0.3) is 22.4 Å². The van der Waals surface area contributed by atoms with E-state index < -0.39 is 0 Å². The van der Waals surface area contributed by atoms with E-state index in [4.69, 9.17) is 14.8 Å². The molecule has 2 aromatic heterocycles. The lowest BCUT2D eigenvalue weighted by atomic mass is 9.89. The van der Waals surface area contributed by atoms with Crippen LogP contribution in [0.3, 0.4) is 0 Å². The molecule has 1 aliphatic heterocycles. The van der Waals surface area contributed by atoms with Crippen molar-refractivity contribution in [2.45, 2.75) is 52.0 Å². The van der Waals surface area contributed by atoms with Crippen LogP contribution in [-0.2, 0) is 6.54 Å². The number of H-pyrrole nitrogens is 1. The number of benzene rings is 1. The van der Waals surface area contributed by atoms with E-state index in [0.717, 1.165) is 56.1 Å². The molecule has 8 heteroatoms. The second kappa shape index (κ2) is 9.78. The predicted molar refractivity (Wildman–Crippen MR) is 136 cm³/mol. The Bertz CT molecular complexity index is 1210. The van der Waals surface area contributed by atoms with Gasteiger partial charge >= 0.3 is 0 Å². The molecule has 3 aromatic rings. The number of aromatic nitrogens is 4. The maximum Gasteiger partial charge on any atom is 0.277 e. The highest BCUT2D eigenvalue weighted by molar-refractivity contribution is 5.80. The van der Waals surface area contributed by atoms with Crippen LogP contribution in [-0.4, -0.2) is 65.0 Å². The molecule has 0 atom stereocenters. The molecule has 182 valence electrons. The lowest BCUT2D eigenvalue weighted by Crippen LogP contribution is -2.28. The number of aryl methyl sites for hydroxylation is 1. The van der Waals surface area contributed by atoms with Crippen molar-refractivity contribution in [3.05, 3.63) is 34.2 Å². The molecule has 1 saturated heterocycles. The summed E-state index contributed by atoms with van der Waals surface area (Å²) < 4.78 is 7.63. The Morgan fingerprint density at radius 1 is 1.09 bits per heavy atom. The Kier molecular flexibility index (Phi) is 6.59. The Balaban J connectivity index is 1.48. The van der Waals surface area contributed by atoms with Crippen molar-refractivity contribution in [1.82, 2.24) is 24.6 Å². The predicted octanol–water partition coefficient (Wildman–Crippen LogP) is 3.83. The van der Waals surface area contributed by atoms with Crippen LogP contribution in [0.5, 0.6) is 5.75 Å². The molecule has 0 radical (unpaired) electrons. The zero-order valence-corrected chi connectivity index (χ0v) is 20.6. The summed E-state index contributed by atoms with van der Waals surface area (Å²) in [7, 11) is 3.84. The summed E-state index contributed by atoms with van der Waals surface area (Å²) in [4.78, 5) is 25.9. The highest BCUT2D eigenvalue weighted by atomic mass is 16.5. The average molecular weight is 465 g/mol. The molecule has 5 rings (SSSR count). The molecule has 0 unspecified atom stereocenters. The summed E-state index contributed by atoms with van der Waals surface area (Å²) in [6, 6.07) is 6.17. The number of hydrogen-bond donors (Lipinski definition) is 1. The third-order valence-corrected chi connectivity index (χ3v) is 7.45. The van der Waals surface area contributed by atoms with Gasteiger partial charge in [0.2, 0.25) is 0 Å². The summed E-state index contributed by atoms with van der Waals surface area (Å²) in [6.07, 6.45) is 7.41. The Labute approximate surface area is 200 Å². The number of methoxy groups -OCH3 is 1. The number of fused-ring (bicyclic) bond motifs is 1. The number of ether oxygens (including phenoxy) is 1. The van der Waals surface area contributed by atoms with Gasteiger partial charge in [-0.05, 0) is 57.8 Å². The van der Waals surface area contributed by atoms with Crippen molar-refractivity contribution >= 4 is 16.7 Å². The molecular weight excluding hydrogens is 428 g/mol. The highest BCUT2D eigenvalue weighted by Gasteiger charge is 2.21. The van der Waals surface area contributed by atoms with Crippen LogP contribution < -0.4 is 15.2 Å². The van der Waals surface area contributed by atoms with Gasteiger partial charge in [-0.25, -0.2) is 4.98 Å². The standard InChI is InChI=1S/C26H36N6O2/c1-18-23-24(32(29-18)17-19-8-5-4-6-9-19)26(33)28-25(27-23)21-11-10-20(16-22(21)34-3)31-13-7-12-30(2)14-15-31/h10-11,16,19H,4-9,12-15,17H2,1-3H3,(H,27,28,33). The topological polar surface area (TPSA) is 79.3 Å². The number of rotatable bonds is 5. The number of likely N-dealkylation sites (N-methyl/N-ethyl adjacent to an activating group) is 1. The van der Waals surface area contributed by atoms with Crippen molar-refractivity contribution in [3.8, 4) is 17.1 Å². The molecule has 3 heterocycles. The smallest absolute Gasteiger partial charge is 0.277 e. The Hall–Kier alpha value is -2.87. The summed E-state index contributed by atoms with van der Waals surface area (Å²) in [6.45, 7) is 6.89. The zero-order valence-electron chi connectivity index (χ0n) is 20.6. The van der Waals surface area contributed by atoms with E-state index in [0.29, 0.717) is 28.5 Å². The normalized spacial score (nSPS) is 18.4. The molecule has 34 heavy (non-hydrogen) atoms. The molecule has 8 nitrogen and oxygen atoms in total. The Morgan fingerprint density at radius 3 is 2.71 bits per heavy atom. The molecule has 1 N–H and O–H groups in total. The minimum atomic E-state index is -0.141. The van der Waals surface area contributed by atoms with E-state index >= 15 is 0 Å². The third kappa shape index (κ3) is 4.56. The first-order valence-electron chi connectivity index (χ1n) is 12.6. The van der Waals surface area contributed by atoms with E-state index in [9.17, 15) is 4.79 Å². The lowest BCUT2D eigenvalue weighted by molar-refractivity contribution is 0.311. The van der Waals surface area contributed by atoms with Crippen molar-refractivity contribution in [2.24, 2.45) is 5.92 Å². The van der Waals surface area contributed by atoms with Crippen LogP contribution in [0.2, 0.25) is 0 Å². The van der Waals surface area contributed by atoms with E-state index in [1.807, 2.05) is 17.7 Å². The van der Waals surface area contributed by atoms with Gasteiger partial charge in [0, 0.05) is 37.9 Å². The van der Waals surface area contributed by atoms with Crippen molar-refractivity contribution in [1.29, 1.82) is 0 Å². The average Bonchev–Trinajstić information content (AvgIpc) is 3.01. The summed E-state index contributed by atoms with van der Waals surface area (Å²) in [5.74, 6) is 1.82. The van der Waals surface area contributed by atoms with E-state index in [2.05, 4.69) is 34.0 Å². The van der Waals surface area contributed by atoms with Gasteiger partial charge < -0.3 is 19.5 Å². The highest BCUT2D eigenvalue weighted by Crippen LogP contribution is 2.33.